The molecule has 3 N–H and O–H groups in total. The van der Waals surface area contributed by atoms with E-state index in [-0.39, 0.29) is 0 Å². The fraction of sp³-hybridized carbons (Fsp3) is 0.667. The average molecular weight is 199 g/mol. The van der Waals surface area contributed by atoms with Gasteiger partial charge in [0.2, 0.25) is 0 Å². The highest BCUT2D eigenvalue weighted by Gasteiger charge is 2.04. The van der Waals surface area contributed by atoms with Crippen molar-refractivity contribution in [2.45, 2.75) is 26.0 Å². The van der Waals surface area contributed by atoms with Crippen LogP contribution in [-0.2, 0) is 12.2 Å². The highest BCUT2D eigenvalue weighted by atomic mass is 32.2. The third kappa shape index (κ3) is 3.04. The number of thioether (sulfide) groups is 1. The molecule has 0 saturated heterocycles. The van der Waals surface area contributed by atoms with Gasteiger partial charge in [-0.25, -0.2) is 4.98 Å². The number of hydrogen-bond acceptors (Lipinski definition) is 3. The Hall–Kier alpha value is -0.480. The van der Waals surface area contributed by atoms with Gasteiger partial charge in [0.25, 0.3) is 0 Å². The molecule has 13 heavy (non-hydrogen) atoms. The second-order valence-electron chi connectivity index (χ2n) is 2.95. The van der Waals surface area contributed by atoms with Crippen molar-refractivity contribution in [3.05, 3.63) is 17.2 Å². The van der Waals surface area contributed by atoms with Crippen molar-refractivity contribution in [2.24, 2.45) is 5.73 Å². The van der Waals surface area contributed by atoms with Gasteiger partial charge in [-0.1, -0.05) is 6.92 Å². The number of nitrogens with one attached hydrogen (secondary N) is 1. The summed E-state index contributed by atoms with van der Waals surface area (Å²) >= 11 is 1.84. The van der Waals surface area contributed by atoms with Gasteiger partial charge >= 0.3 is 0 Å². The molecule has 0 amide bonds. The summed E-state index contributed by atoms with van der Waals surface area (Å²) in [7, 11) is 0. The predicted octanol–water partition coefficient (Wildman–Crippen LogP) is 1.47. The quantitative estimate of drug-likeness (QED) is 0.706. The van der Waals surface area contributed by atoms with Crippen LogP contribution < -0.4 is 5.73 Å². The Kier molecular flexibility index (Phi) is 4.32. The van der Waals surface area contributed by atoms with Crippen LogP contribution in [0.15, 0.2) is 0 Å². The van der Waals surface area contributed by atoms with Crippen LogP contribution in [0.4, 0.5) is 0 Å². The molecule has 0 aliphatic rings. The zero-order chi connectivity index (χ0) is 9.68. The van der Waals surface area contributed by atoms with Crippen molar-refractivity contribution >= 4 is 11.8 Å². The molecular weight excluding hydrogens is 182 g/mol. The van der Waals surface area contributed by atoms with Gasteiger partial charge < -0.3 is 10.7 Å². The van der Waals surface area contributed by atoms with Crippen LogP contribution in [0.5, 0.6) is 0 Å². The zero-order valence-electron chi connectivity index (χ0n) is 8.26. The number of imidazole rings is 1. The van der Waals surface area contributed by atoms with Crippen molar-refractivity contribution < 1.29 is 0 Å². The third-order valence-corrected chi connectivity index (χ3v) is 2.87. The number of rotatable bonds is 5. The number of aromatic amines is 1. The van der Waals surface area contributed by atoms with Crippen LogP contribution in [0.1, 0.15) is 24.1 Å². The molecule has 0 radical (unpaired) electrons. The molecule has 0 atom stereocenters. The zero-order valence-corrected chi connectivity index (χ0v) is 9.08. The van der Waals surface area contributed by atoms with Gasteiger partial charge in [-0.05, 0) is 6.92 Å². The fourth-order valence-electron chi connectivity index (χ4n) is 1.12. The Morgan fingerprint density at radius 3 is 2.85 bits per heavy atom. The summed E-state index contributed by atoms with van der Waals surface area (Å²) in [4.78, 5) is 7.75. The number of nitrogens with two attached hydrogens (primary N) is 1. The molecule has 0 aliphatic carbocycles. The molecule has 1 rings (SSSR count). The Balaban J connectivity index is 2.50. The van der Waals surface area contributed by atoms with Gasteiger partial charge in [0, 0.05) is 30.2 Å². The van der Waals surface area contributed by atoms with E-state index in [9.17, 15) is 0 Å². The first-order valence-corrected chi connectivity index (χ1v) is 5.75. The SMILES string of the molecule is CCc1nc(CSCCN)c(C)[nH]1. The van der Waals surface area contributed by atoms with Crippen molar-refractivity contribution in [1.29, 1.82) is 0 Å². The minimum Gasteiger partial charge on any atom is -0.346 e. The molecule has 1 aromatic rings. The molecule has 0 aromatic carbocycles. The standard InChI is InChI=1S/C9H17N3S/c1-3-9-11-7(2)8(12-9)6-13-5-4-10/h3-6,10H2,1-2H3,(H,11,12). The lowest BCUT2D eigenvalue weighted by molar-refractivity contribution is 0.976. The van der Waals surface area contributed by atoms with Gasteiger partial charge in [0.1, 0.15) is 5.82 Å². The van der Waals surface area contributed by atoms with Crippen LogP contribution >= 0.6 is 11.8 Å². The van der Waals surface area contributed by atoms with Crippen molar-refractivity contribution in [3.63, 3.8) is 0 Å². The maximum Gasteiger partial charge on any atom is 0.106 e. The molecule has 1 heterocycles. The lowest BCUT2D eigenvalue weighted by Gasteiger charge is -1.96. The maximum absolute atomic E-state index is 5.41. The summed E-state index contributed by atoms with van der Waals surface area (Å²) in [5, 5.41) is 0. The number of aryl methyl sites for hydroxylation is 2. The van der Waals surface area contributed by atoms with Crippen molar-refractivity contribution in [1.82, 2.24) is 9.97 Å². The molecule has 4 heteroatoms. The molecule has 1 aromatic heterocycles. The van der Waals surface area contributed by atoms with Crippen LogP contribution in [0.3, 0.4) is 0 Å². The molecule has 0 unspecified atom stereocenters. The molecule has 0 spiro atoms. The van der Waals surface area contributed by atoms with E-state index in [1.807, 2.05) is 11.8 Å². The normalized spacial score (nSPS) is 10.7. The molecule has 0 fully saturated rings. The lowest BCUT2D eigenvalue weighted by Crippen LogP contribution is -2.01. The molecule has 3 nitrogen and oxygen atoms in total. The van der Waals surface area contributed by atoms with Crippen LogP contribution in [0.2, 0.25) is 0 Å². The lowest BCUT2D eigenvalue weighted by atomic mass is 10.4. The number of H-pyrrole nitrogens is 1. The van der Waals surface area contributed by atoms with Gasteiger partial charge in [0.05, 0.1) is 5.69 Å². The van der Waals surface area contributed by atoms with E-state index in [4.69, 9.17) is 5.73 Å². The van der Waals surface area contributed by atoms with Gasteiger partial charge in [0.15, 0.2) is 0 Å². The van der Waals surface area contributed by atoms with E-state index < -0.39 is 0 Å². The van der Waals surface area contributed by atoms with Gasteiger partial charge in [-0.15, -0.1) is 0 Å². The van der Waals surface area contributed by atoms with E-state index in [1.165, 1.54) is 11.4 Å². The Morgan fingerprint density at radius 1 is 1.54 bits per heavy atom. The van der Waals surface area contributed by atoms with Gasteiger partial charge in [-0.3, -0.25) is 0 Å². The van der Waals surface area contributed by atoms with Crippen LogP contribution in [-0.4, -0.2) is 22.3 Å². The average Bonchev–Trinajstić information content (AvgIpc) is 2.48. The first-order valence-electron chi connectivity index (χ1n) is 4.60. The summed E-state index contributed by atoms with van der Waals surface area (Å²) in [5.74, 6) is 3.06. The largest absolute Gasteiger partial charge is 0.346 e. The predicted molar refractivity (Wildman–Crippen MR) is 57.9 cm³/mol. The summed E-state index contributed by atoms with van der Waals surface area (Å²) < 4.78 is 0. The summed E-state index contributed by atoms with van der Waals surface area (Å²) in [6, 6.07) is 0. The minimum absolute atomic E-state index is 0.745. The number of nitrogens with zero attached hydrogens (tertiary/aromatic N) is 1. The minimum atomic E-state index is 0.745. The maximum atomic E-state index is 5.41. The van der Waals surface area contributed by atoms with Crippen LogP contribution in [0.25, 0.3) is 0 Å². The number of hydrogen-bond donors (Lipinski definition) is 2. The van der Waals surface area contributed by atoms with Crippen LogP contribution in [0, 0.1) is 6.92 Å². The van der Waals surface area contributed by atoms with E-state index in [1.54, 1.807) is 0 Å². The second kappa shape index (κ2) is 5.29. The Labute approximate surface area is 83.5 Å². The van der Waals surface area contributed by atoms with Gasteiger partial charge in [-0.2, -0.15) is 11.8 Å². The Morgan fingerprint density at radius 2 is 2.31 bits per heavy atom. The van der Waals surface area contributed by atoms with Crippen molar-refractivity contribution in [3.8, 4) is 0 Å². The monoisotopic (exact) mass is 199 g/mol. The molecule has 0 aliphatic heterocycles. The summed E-state index contributed by atoms with van der Waals surface area (Å²) in [6.45, 7) is 4.92. The molecule has 0 bridgehead atoms. The highest BCUT2D eigenvalue weighted by Crippen LogP contribution is 2.13. The van der Waals surface area contributed by atoms with Crippen molar-refractivity contribution in [2.75, 3.05) is 12.3 Å². The summed E-state index contributed by atoms with van der Waals surface area (Å²) in [6.07, 6.45) is 0.975. The molecular formula is C9H17N3S. The summed E-state index contributed by atoms with van der Waals surface area (Å²) in [5.41, 5.74) is 7.78. The first-order chi connectivity index (χ1) is 6.27. The highest BCUT2D eigenvalue weighted by molar-refractivity contribution is 7.98. The Bertz CT molecular complexity index is 257. The van der Waals surface area contributed by atoms with E-state index in [0.717, 1.165) is 30.3 Å². The van der Waals surface area contributed by atoms with E-state index in [2.05, 4.69) is 23.8 Å². The fourth-order valence-corrected chi connectivity index (χ4v) is 1.91. The smallest absolute Gasteiger partial charge is 0.106 e. The molecule has 0 saturated carbocycles. The van der Waals surface area contributed by atoms with E-state index in [0.29, 0.717) is 0 Å². The second-order valence-corrected chi connectivity index (χ2v) is 4.06. The first kappa shape index (κ1) is 10.6. The van der Waals surface area contributed by atoms with E-state index >= 15 is 0 Å². The number of aromatic nitrogens is 2. The third-order valence-electron chi connectivity index (χ3n) is 1.87. The topological polar surface area (TPSA) is 54.7 Å². The molecule has 74 valence electrons.